The maximum Gasteiger partial charge on any atom is -0.0388 e. The molecule has 1 rings (SSSR count). The topological polar surface area (TPSA) is 0 Å². The molecule has 0 bridgehead atoms. The van der Waals surface area contributed by atoms with Crippen molar-refractivity contribution in [1.29, 1.82) is 0 Å². The minimum absolute atomic E-state index is 1.02. The van der Waals surface area contributed by atoms with Crippen LogP contribution in [0.2, 0.25) is 0 Å². The summed E-state index contributed by atoms with van der Waals surface area (Å²) in [5, 5.41) is 0. The Hall–Kier alpha value is 0. The number of rotatable bonds is 3. The lowest BCUT2D eigenvalue weighted by Gasteiger charge is -2.31. The van der Waals surface area contributed by atoms with Crippen molar-refractivity contribution < 1.29 is 0 Å². The summed E-state index contributed by atoms with van der Waals surface area (Å²) < 4.78 is 0. The van der Waals surface area contributed by atoms with Crippen LogP contribution in [0.4, 0.5) is 0 Å². The van der Waals surface area contributed by atoms with Crippen molar-refractivity contribution in [3.05, 3.63) is 0 Å². The smallest absolute Gasteiger partial charge is 0.0388 e. The first-order valence-electron chi connectivity index (χ1n) is 4.34. The molecule has 0 aliphatic heterocycles. The van der Waals surface area contributed by atoms with E-state index in [4.69, 9.17) is 0 Å². The van der Waals surface area contributed by atoms with Crippen molar-refractivity contribution in [2.24, 2.45) is 11.8 Å². The molecule has 0 aromatic heterocycles. The van der Waals surface area contributed by atoms with Crippen LogP contribution in [0.15, 0.2) is 0 Å². The Morgan fingerprint density at radius 3 is 2.44 bits per heavy atom. The minimum atomic E-state index is 1.02. The van der Waals surface area contributed by atoms with Gasteiger partial charge in [-0.05, 0) is 11.8 Å². The molecule has 0 radical (unpaired) electrons. The highest BCUT2D eigenvalue weighted by Gasteiger charge is 2.22. The highest BCUT2D eigenvalue weighted by Crippen LogP contribution is 2.35. The molecule has 0 spiro atoms. The highest BCUT2D eigenvalue weighted by molar-refractivity contribution is 4.74. The molecule has 1 unspecified atom stereocenters. The van der Waals surface area contributed by atoms with Crippen LogP contribution >= 0.6 is 0 Å². The van der Waals surface area contributed by atoms with E-state index in [1.54, 1.807) is 0 Å². The average molecular weight is 126 g/mol. The largest absolute Gasteiger partial charge is 0.0654 e. The summed E-state index contributed by atoms with van der Waals surface area (Å²) >= 11 is 0. The van der Waals surface area contributed by atoms with E-state index >= 15 is 0 Å². The van der Waals surface area contributed by atoms with Crippen molar-refractivity contribution in [3.8, 4) is 0 Å². The van der Waals surface area contributed by atoms with Gasteiger partial charge in [-0.15, -0.1) is 0 Å². The fourth-order valence-electron chi connectivity index (χ4n) is 1.70. The van der Waals surface area contributed by atoms with E-state index < -0.39 is 0 Å². The SMILES string of the molecule is CCCC(C)C1CCC1. The van der Waals surface area contributed by atoms with Gasteiger partial charge in [0.05, 0.1) is 0 Å². The van der Waals surface area contributed by atoms with Crippen LogP contribution in [0, 0.1) is 11.8 Å². The van der Waals surface area contributed by atoms with Crippen LogP contribution in [0.25, 0.3) is 0 Å². The molecule has 1 fully saturated rings. The van der Waals surface area contributed by atoms with Gasteiger partial charge in [-0.25, -0.2) is 0 Å². The minimum Gasteiger partial charge on any atom is -0.0654 e. The van der Waals surface area contributed by atoms with Gasteiger partial charge in [-0.3, -0.25) is 0 Å². The predicted molar refractivity (Wildman–Crippen MR) is 41.4 cm³/mol. The van der Waals surface area contributed by atoms with Gasteiger partial charge in [0.2, 0.25) is 0 Å². The highest BCUT2D eigenvalue weighted by atomic mass is 14.3. The lowest BCUT2D eigenvalue weighted by molar-refractivity contribution is 0.209. The van der Waals surface area contributed by atoms with Gasteiger partial charge in [0, 0.05) is 0 Å². The Kier molecular flexibility index (Phi) is 2.56. The normalized spacial score (nSPS) is 23.3. The van der Waals surface area contributed by atoms with Gasteiger partial charge < -0.3 is 0 Å². The molecule has 0 N–H and O–H groups in total. The van der Waals surface area contributed by atoms with E-state index in [0.717, 1.165) is 11.8 Å². The standard InChI is InChI=1S/C9H18/c1-3-5-8(2)9-6-4-7-9/h8-9H,3-7H2,1-2H3. The van der Waals surface area contributed by atoms with Gasteiger partial charge in [0.15, 0.2) is 0 Å². The summed E-state index contributed by atoms with van der Waals surface area (Å²) in [6.07, 6.45) is 7.35. The zero-order valence-corrected chi connectivity index (χ0v) is 6.69. The molecule has 54 valence electrons. The first kappa shape index (κ1) is 7.11. The molecule has 1 aliphatic carbocycles. The van der Waals surface area contributed by atoms with Crippen LogP contribution in [-0.2, 0) is 0 Å². The summed E-state index contributed by atoms with van der Waals surface area (Å²) in [5.41, 5.74) is 0. The molecule has 0 aromatic rings. The second-order valence-corrected chi connectivity index (χ2v) is 3.46. The third-order valence-electron chi connectivity index (χ3n) is 2.70. The first-order valence-corrected chi connectivity index (χ1v) is 4.34. The van der Waals surface area contributed by atoms with Crippen LogP contribution in [0.5, 0.6) is 0 Å². The zero-order chi connectivity index (χ0) is 6.69. The quantitative estimate of drug-likeness (QED) is 0.544. The molecule has 1 saturated carbocycles. The van der Waals surface area contributed by atoms with E-state index in [0.29, 0.717) is 0 Å². The van der Waals surface area contributed by atoms with Gasteiger partial charge in [0.25, 0.3) is 0 Å². The molecular formula is C9H18. The van der Waals surface area contributed by atoms with Gasteiger partial charge in [-0.2, -0.15) is 0 Å². The van der Waals surface area contributed by atoms with Crippen molar-refractivity contribution in [3.63, 3.8) is 0 Å². The lowest BCUT2D eigenvalue weighted by atomic mass is 9.75. The maximum absolute atomic E-state index is 2.41. The molecule has 0 heteroatoms. The van der Waals surface area contributed by atoms with E-state index in [1.807, 2.05) is 0 Å². The zero-order valence-electron chi connectivity index (χ0n) is 6.69. The fraction of sp³-hybridized carbons (Fsp3) is 1.00. The van der Waals surface area contributed by atoms with Crippen LogP contribution in [-0.4, -0.2) is 0 Å². The van der Waals surface area contributed by atoms with Crippen LogP contribution in [0.1, 0.15) is 46.0 Å². The number of hydrogen-bond donors (Lipinski definition) is 0. The fourth-order valence-corrected chi connectivity index (χ4v) is 1.70. The monoisotopic (exact) mass is 126 g/mol. The molecule has 0 heterocycles. The van der Waals surface area contributed by atoms with Gasteiger partial charge in [-0.1, -0.05) is 46.0 Å². The molecule has 9 heavy (non-hydrogen) atoms. The third-order valence-corrected chi connectivity index (χ3v) is 2.70. The molecular weight excluding hydrogens is 108 g/mol. The first-order chi connectivity index (χ1) is 4.34. The third kappa shape index (κ3) is 1.70. The Labute approximate surface area is 58.7 Å². The molecule has 1 atom stereocenters. The number of hydrogen-bond acceptors (Lipinski definition) is 0. The predicted octanol–water partition coefficient (Wildman–Crippen LogP) is 3.22. The summed E-state index contributed by atoms with van der Waals surface area (Å²) in [5.74, 6) is 2.12. The molecule has 0 aromatic carbocycles. The second kappa shape index (κ2) is 3.24. The Balaban J connectivity index is 2.08. The van der Waals surface area contributed by atoms with Crippen molar-refractivity contribution in [2.45, 2.75) is 46.0 Å². The Bertz CT molecular complexity index is 72.1. The Morgan fingerprint density at radius 2 is 2.11 bits per heavy atom. The van der Waals surface area contributed by atoms with Crippen LogP contribution < -0.4 is 0 Å². The average Bonchev–Trinajstić information content (AvgIpc) is 1.60. The molecule has 0 nitrogen and oxygen atoms in total. The van der Waals surface area contributed by atoms with Crippen LogP contribution in [0.3, 0.4) is 0 Å². The lowest BCUT2D eigenvalue weighted by Crippen LogP contribution is -2.19. The van der Waals surface area contributed by atoms with Gasteiger partial charge in [0.1, 0.15) is 0 Å². The van der Waals surface area contributed by atoms with Gasteiger partial charge >= 0.3 is 0 Å². The maximum atomic E-state index is 2.41. The molecule has 0 saturated heterocycles. The van der Waals surface area contributed by atoms with E-state index in [9.17, 15) is 0 Å². The van der Waals surface area contributed by atoms with Crippen molar-refractivity contribution >= 4 is 0 Å². The Morgan fingerprint density at radius 1 is 1.44 bits per heavy atom. The van der Waals surface area contributed by atoms with E-state index in [-0.39, 0.29) is 0 Å². The van der Waals surface area contributed by atoms with Crippen molar-refractivity contribution in [1.82, 2.24) is 0 Å². The second-order valence-electron chi connectivity index (χ2n) is 3.46. The molecule has 1 aliphatic rings. The summed E-state index contributed by atoms with van der Waals surface area (Å²) in [6.45, 7) is 4.70. The van der Waals surface area contributed by atoms with E-state index in [2.05, 4.69) is 13.8 Å². The van der Waals surface area contributed by atoms with E-state index in [1.165, 1.54) is 32.1 Å². The summed E-state index contributed by atoms with van der Waals surface area (Å²) in [6, 6.07) is 0. The molecule has 0 amide bonds. The van der Waals surface area contributed by atoms with Crippen molar-refractivity contribution in [2.75, 3.05) is 0 Å². The summed E-state index contributed by atoms with van der Waals surface area (Å²) in [4.78, 5) is 0. The summed E-state index contributed by atoms with van der Waals surface area (Å²) in [7, 11) is 0.